The van der Waals surface area contributed by atoms with E-state index in [4.69, 9.17) is 4.74 Å². The lowest BCUT2D eigenvalue weighted by Crippen LogP contribution is -2.53. The molecule has 1 aromatic rings. The van der Waals surface area contributed by atoms with Crippen LogP contribution in [0, 0.1) is 17.8 Å². The van der Waals surface area contributed by atoms with Crippen LogP contribution in [0.2, 0.25) is 0 Å². The fraction of sp³-hybridized carbons (Fsp3) is 0.708. The van der Waals surface area contributed by atoms with Gasteiger partial charge in [-0.3, -0.25) is 9.69 Å². The van der Waals surface area contributed by atoms with Crippen molar-refractivity contribution in [1.29, 1.82) is 0 Å². The summed E-state index contributed by atoms with van der Waals surface area (Å²) in [5, 5.41) is 0. The predicted molar refractivity (Wildman–Crippen MR) is 116 cm³/mol. The molecule has 0 unspecified atom stereocenters. The van der Waals surface area contributed by atoms with Gasteiger partial charge in [0.1, 0.15) is 5.75 Å². The van der Waals surface area contributed by atoms with E-state index in [0.29, 0.717) is 11.8 Å². The molecule has 0 radical (unpaired) electrons. The Morgan fingerprint density at radius 3 is 2.36 bits per heavy atom. The van der Waals surface area contributed by atoms with Crippen molar-refractivity contribution in [1.82, 2.24) is 9.80 Å². The molecule has 28 heavy (non-hydrogen) atoms. The predicted octanol–water partition coefficient (Wildman–Crippen LogP) is 4.83. The second-order valence-corrected chi connectivity index (χ2v) is 9.24. The van der Waals surface area contributed by atoms with Crippen LogP contribution >= 0.6 is 0 Å². The van der Waals surface area contributed by atoms with E-state index < -0.39 is 0 Å². The first-order valence-electron chi connectivity index (χ1n) is 11.0. The van der Waals surface area contributed by atoms with Gasteiger partial charge in [0.15, 0.2) is 0 Å². The maximum absolute atomic E-state index is 12.4. The number of benzene rings is 1. The number of ether oxygens (including phenoxy) is 1. The monoisotopic (exact) mass is 388 g/mol. The fourth-order valence-corrected chi connectivity index (χ4v) is 3.78. The number of hydrogen-bond donors (Lipinski definition) is 0. The van der Waals surface area contributed by atoms with Gasteiger partial charge in [0.2, 0.25) is 5.91 Å². The van der Waals surface area contributed by atoms with Gasteiger partial charge in [0.25, 0.3) is 0 Å². The molecule has 1 fully saturated rings. The summed E-state index contributed by atoms with van der Waals surface area (Å²) in [6, 6.07) is 8.44. The number of likely N-dealkylation sites (tertiary alicyclic amines) is 1. The molecule has 0 aliphatic carbocycles. The van der Waals surface area contributed by atoms with Gasteiger partial charge in [-0.25, -0.2) is 0 Å². The van der Waals surface area contributed by atoms with Gasteiger partial charge in [0, 0.05) is 33.2 Å². The first-order valence-corrected chi connectivity index (χ1v) is 11.0. The van der Waals surface area contributed by atoms with E-state index in [0.717, 1.165) is 50.9 Å². The third-order valence-corrected chi connectivity index (χ3v) is 5.35. The summed E-state index contributed by atoms with van der Waals surface area (Å²) < 4.78 is 5.86. The lowest BCUT2D eigenvalue weighted by molar-refractivity contribution is -0.140. The summed E-state index contributed by atoms with van der Waals surface area (Å²) >= 11 is 0. The highest BCUT2D eigenvalue weighted by Gasteiger charge is 2.34. The van der Waals surface area contributed by atoms with Crippen LogP contribution in [0.3, 0.4) is 0 Å². The van der Waals surface area contributed by atoms with Crippen molar-refractivity contribution >= 4 is 5.91 Å². The number of unbranched alkanes of at least 4 members (excludes halogenated alkanes) is 2. The van der Waals surface area contributed by atoms with Gasteiger partial charge in [0.05, 0.1) is 12.5 Å². The van der Waals surface area contributed by atoms with Gasteiger partial charge < -0.3 is 9.64 Å². The first kappa shape index (κ1) is 22.7. The summed E-state index contributed by atoms with van der Waals surface area (Å²) in [7, 11) is 1.92. The molecule has 2 rings (SSSR count). The molecular weight excluding hydrogens is 348 g/mol. The van der Waals surface area contributed by atoms with Crippen molar-refractivity contribution < 1.29 is 9.53 Å². The van der Waals surface area contributed by atoms with Gasteiger partial charge in [-0.05, 0) is 36.0 Å². The van der Waals surface area contributed by atoms with Crippen LogP contribution in [0.4, 0.5) is 0 Å². The minimum atomic E-state index is 0.169. The number of carbonyl (C=O) groups is 1. The van der Waals surface area contributed by atoms with Crippen molar-refractivity contribution in [3.05, 3.63) is 29.8 Å². The minimum absolute atomic E-state index is 0.169. The zero-order chi connectivity index (χ0) is 20.5. The molecule has 4 nitrogen and oxygen atoms in total. The number of rotatable bonds is 12. The molecule has 4 heteroatoms. The standard InChI is InChI=1S/C24H40N2O2/c1-19(2)9-7-6-8-14-28-23-12-10-21(11-13-23)16-26-17-22(18-26)24(27)25(5)15-20(3)4/h10-13,19-20,22H,6-9,14-18H2,1-5H3. The van der Waals surface area contributed by atoms with E-state index in [1.54, 1.807) is 0 Å². The van der Waals surface area contributed by atoms with Crippen LogP contribution in [0.15, 0.2) is 24.3 Å². The number of amides is 1. The second-order valence-electron chi connectivity index (χ2n) is 9.24. The highest BCUT2D eigenvalue weighted by molar-refractivity contribution is 5.80. The van der Waals surface area contributed by atoms with E-state index in [9.17, 15) is 4.79 Å². The smallest absolute Gasteiger partial charge is 0.228 e. The average molecular weight is 389 g/mol. The summed E-state index contributed by atoms with van der Waals surface area (Å²) in [5.41, 5.74) is 1.28. The molecule has 158 valence electrons. The molecule has 0 atom stereocenters. The molecule has 1 aliphatic heterocycles. The van der Waals surface area contributed by atoms with Crippen molar-refractivity contribution in [2.45, 2.75) is 59.9 Å². The molecule has 1 aromatic carbocycles. The number of carbonyl (C=O) groups excluding carboxylic acids is 1. The third-order valence-electron chi connectivity index (χ3n) is 5.35. The SMILES string of the molecule is CC(C)CCCCCOc1ccc(CN2CC(C(=O)N(C)CC(C)C)C2)cc1. The molecule has 1 amide bonds. The molecular formula is C24H40N2O2. The van der Waals surface area contributed by atoms with E-state index in [1.807, 2.05) is 11.9 Å². The van der Waals surface area contributed by atoms with Gasteiger partial charge in [-0.1, -0.05) is 59.1 Å². The molecule has 0 spiro atoms. The lowest BCUT2D eigenvalue weighted by atomic mass is 9.97. The Balaban J connectivity index is 1.62. The molecule has 1 saturated heterocycles. The topological polar surface area (TPSA) is 32.8 Å². The number of nitrogens with zero attached hydrogens (tertiary/aromatic N) is 2. The highest BCUT2D eigenvalue weighted by atomic mass is 16.5. The van der Waals surface area contributed by atoms with Crippen LogP contribution in [-0.2, 0) is 11.3 Å². The second kappa shape index (κ2) is 11.5. The zero-order valence-electron chi connectivity index (χ0n) is 18.6. The van der Waals surface area contributed by atoms with E-state index in [2.05, 4.69) is 56.9 Å². The van der Waals surface area contributed by atoms with E-state index in [1.165, 1.54) is 24.8 Å². The van der Waals surface area contributed by atoms with Crippen LogP contribution in [-0.4, -0.2) is 49.0 Å². The Bertz CT molecular complexity index is 577. The van der Waals surface area contributed by atoms with Crippen LogP contribution in [0.25, 0.3) is 0 Å². The summed E-state index contributed by atoms with van der Waals surface area (Å²) in [6.45, 7) is 13.2. The van der Waals surface area contributed by atoms with Gasteiger partial charge >= 0.3 is 0 Å². The summed E-state index contributed by atoms with van der Waals surface area (Å²) in [6.07, 6.45) is 4.98. The Labute approximate surface area is 172 Å². The highest BCUT2D eigenvalue weighted by Crippen LogP contribution is 2.22. The van der Waals surface area contributed by atoms with Crippen molar-refractivity contribution in [3.8, 4) is 5.75 Å². The first-order chi connectivity index (χ1) is 13.3. The fourth-order valence-electron chi connectivity index (χ4n) is 3.78. The maximum atomic E-state index is 12.4. The zero-order valence-corrected chi connectivity index (χ0v) is 18.6. The molecule has 0 bridgehead atoms. The number of hydrogen-bond acceptors (Lipinski definition) is 3. The van der Waals surface area contributed by atoms with Gasteiger partial charge in [-0.2, -0.15) is 0 Å². The maximum Gasteiger partial charge on any atom is 0.228 e. The largest absolute Gasteiger partial charge is 0.494 e. The molecule has 1 aliphatic rings. The Morgan fingerprint density at radius 1 is 1.07 bits per heavy atom. The van der Waals surface area contributed by atoms with Crippen LogP contribution < -0.4 is 4.74 Å². The average Bonchev–Trinajstić information content (AvgIpc) is 2.60. The lowest BCUT2D eigenvalue weighted by Gasteiger charge is -2.40. The summed E-state index contributed by atoms with van der Waals surface area (Å²) in [4.78, 5) is 16.6. The van der Waals surface area contributed by atoms with Crippen molar-refractivity contribution in [2.24, 2.45) is 17.8 Å². The Morgan fingerprint density at radius 2 is 1.75 bits per heavy atom. The molecule has 0 N–H and O–H groups in total. The Hall–Kier alpha value is -1.55. The van der Waals surface area contributed by atoms with Crippen LogP contribution in [0.5, 0.6) is 5.75 Å². The van der Waals surface area contributed by atoms with E-state index in [-0.39, 0.29) is 5.92 Å². The van der Waals surface area contributed by atoms with Crippen molar-refractivity contribution in [3.63, 3.8) is 0 Å². The van der Waals surface area contributed by atoms with Crippen molar-refractivity contribution in [2.75, 3.05) is 33.3 Å². The Kier molecular flexibility index (Phi) is 9.30. The molecule has 0 saturated carbocycles. The van der Waals surface area contributed by atoms with E-state index >= 15 is 0 Å². The quantitative estimate of drug-likeness (QED) is 0.481. The van der Waals surface area contributed by atoms with Gasteiger partial charge in [-0.15, -0.1) is 0 Å². The minimum Gasteiger partial charge on any atom is -0.494 e. The third kappa shape index (κ3) is 7.83. The molecule has 0 aromatic heterocycles. The molecule has 1 heterocycles. The van der Waals surface area contributed by atoms with Crippen LogP contribution in [0.1, 0.15) is 58.9 Å². The summed E-state index contributed by atoms with van der Waals surface area (Å²) in [5.74, 6) is 2.74. The normalized spacial score (nSPS) is 15.1.